The first-order valence-electron chi connectivity index (χ1n) is 7.06. The summed E-state index contributed by atoms with van der Waals surface area (Å²) in [6.45, 7) is 7.32. The van der Waals surface area contributed by atoms with Crippen molar-refractivity contribution in [3.05, 3.63) is 58.8 Å². The van der Waals surface area contributed by atoms with Crippen molar-refractivity contribution in [3.63, 3.8) is 0 Å². The molecule has 22 heavy (non-hydrogen) atoms. The molecule has 0 saturated carbocycles. The molecule has 0 fully saturated rings. The maximum absolute atomic E-state index is 11.1. The molecule has 5 nitrogen and oxygen atoms in total. The van der Waals surface area contributed by atoms with Crippen LogP contribution in [0.2, 0.25) is 0 Å². The first kappa shape index (κ1) is 16.8. The summed E-state index contributed by atoms with van der Waals surface area (Å²) >= 11 is 3.71. The van der Waals surface area contributed by atoms with Gasteiger partial charge in [-0.05, 0) is 26.9 Å². The van der Waals surface area contributed by atoms with Gasteiger partial charge in [-0.2, -0.15) is 10.1 Å². The van der Waals surface area contributed by atoms with Crippen LogP contribution in [0.25, 0.3) is 0 Å². The number of hydrogen-bond acceptors (Lipinski definition) is 4. The topological polar surface area (TPSA) is 57.0 Å². The Morgan fingerprint density at radius 3 is 2.45 bits per heavy atom. The molecule has 118 valence electrons. The maximum Gasteiger partial charge on any atom is 0.291 e. The molecular formula is C16H20BrN3O2. The third kappa shape index (κ3) is 4.74. The van der Waals surface area contributed by atoms with Crippen LogP contribution in [-0.4, -0.2) is 21.4 Å². The summed E-state index contributed by atoms with van der Waals surface area (Å²) in [5.74, 6) is 0. The highest BCUT2D eigenvalue weighted by Crippen LogP contribution is 2.36. The van der Waals surface area contributed by atoms with Crippen molar-refractivity contribution in [1.82, 2.24) is 14.8 Å². The highest BCUT2D eigenvalue weighted by molar-refractivity contribution is 9.09. The number of rotatable bonds is 5. The van der Waals surface area contributed by atoms with E-state index in [2.05, 4.69) is 46.8 Å². The molecule has 0 unspecified atom stereocenters. The molecule has 0 amide bonds. The molecule has 0 radical (unpaired) electrons. The fourth-order valence-corrected chi connectivity index (χ4v) is 2.47. The fraction of sp³-hybridized carbons (Fsp3) is 0.438. The first-order valence-corrected chi connectivity index (χ1v) is 7.85. The number of hydrogen-bond donors (Lipinski definition) is 0. The minimum Gasteiger partial charge on any atom is -0.357 e. The van der Waals surface area contributed by atoms with Crippen LogP contribution in [0.4, 0.5) is 0 Å². The van der Waals surface area contributed by atoms with Crippen molar-refractivity contribution in [3.8, 4) is 0 Å². The summed E-state index contributed by atoms with van der Waals surface area (Å²) < 4.78 is 7.02. The molecule has 1 atom stereocenters. The number of benzene rings is 1. The van der Waals surface area contributed by atoms with Crippen LogP contribution in [0.3, 0.4) is 0 Å². The number of ether oxygens (including phenoxy) is 1. The van der Waals surface area contributed by atoms with E-state index in [1.807, 2.05) is 30.3 Å². The smallest absolute Gasteiger partial charge is 0.291 e. The Hall–Kier alpha value is -1.53. The normalized spacial score (nSPS) is 14.5. The van der Waals surface area contributed by atoms with Gasteiger partial charge in [0.05, 0.1) is 13.2 Å². The lowest BCUT2D eigenvalue weighted by Gasteiger charge is -2.32. The van der Waals surface area contributed by atoms with Crippen LogP contribution in [0.5, 0.6) is 0 Å². The predicted molar refractivity (Wildman–Crippen MR) is 88.7 cm³/mol. The van der Waals surface area contributed by atoms with Gasteiger partial charge >= 0.3 is 0 Å². The molecule has 0 bridgehead atoms. The van der Waals surface area contributed by atoms with Gasteiger partial charge in [-0.3, -0.25) is 9.48 Å². The fourth-order valence-electron chi connectivity index (χ4n) is 1.84. The van der Waals surface area contributed by atoms with Gasteiger partial charge in [0.25, 0.3) is 5.56 Å². The van der Waals surface area contributed by atoms with Crippen molar-refractivity contribution in [1.29, 1.82) is 0 Å². The summed E-state index contributed by atoms with van der Waals surface area (Å²) in [7, 11) is 0. The van der Waals surface area contributed by atoms with Gasteiger partial charge < -0.3 is 4.74 Å². The monoisotopic (exact) mass is 365 g/mol. The summed E-state index contributed by atoms with van der Waals surface area (Å²) in [6.07, 6.45) is 2.61. The van der Waals surface area contributed by atoms with E-state index in [0.29, 0.717) is 13.2 Å². The van der Waals surface area contributed by atoms with E-state index in [4.69, 9.17) is 4.74 Å². The number of aromatic nitrogens is 3. The zero-order valence-electron chi connectivity index (χ0n) is 13.0. The third-order valence-electron chi connectivity index (χ3n) is 2.94. The largest absolute Gasteiger partial charge is 0.357 e. The van der Waals surface area contributed by atoms with Crippen LogP contribution in [-0.2, 0) is 15.8 Å². The Morgan fingerprint density at radius 2 is 1.91 bits per heavy atom. The molecule has 2 aromatic rings. The molecule has 0 saturated heterocycles. The van der Waals surface area contributed by atoms with E-state index < -0.39 is 4.51 Å². The second-order valence-electron chi connectivity index (χ2n) is 6.37. The van der Waals surface area contributed by atoms with Gasteiger partial charge in [0.15, 0.2) is 4.51 Å². The third-order valence-corrected chi connectivity index (χ3v) is 3.88. The molecule has 0 aliphatic rings. The maximum atomic E-state index is 11.1. The van der Waals surface area contributed by atoms with Crippen molar-refractivity contribution >= 4 is 15.9 Å². The minimum absolute atomic E-state index is 0.0308. The van der Waals surface area contributed by atoms with Crippen molar-refractivity contribution in [2.45, 2.75) is 31.8 Å². The van der Waals surface area contributed by atoms with Gasteiger partial charge in [0.2, 0.25) is 0 Å². The number of alkyl halides is 1. The molecule has 0 aliphatic carbocycles. The summed E-state index contributed by atoms with van der Waals surface area (Å²) in [6, 6.07) is 9.87. The Kier molecular flexibility index (Phi) is 5.13. The van der Waals surface area contributed by atoms with Crippen molar-refractivity contribution in [2.75, 3.05) is 6.61 Å². The lowest BCUT2D eigenvalue weighted by Crippen LogP contribution is -2.33. The van der Waals surface area contributed by atoms with Gasteiger partial charge in [0.1, 0.15) is 12.5 Å². The molecule has 0 aliphatic heterocycles. The van der Waals surface area contributed by atoms with Crippen molar-refractivity contribution in [2.24, 2.45) is 5.41 Å². The van der Waals surface area contributed by atoms with Crippen LogP contribution in [0.1, 0.15) is 26.3 Å². The lowest BCUT2D eigenvalue weighted by atomic mass is 9.98. The molecule has 6 heteroatoms. The highest BCUT2D eigenvalue weighted by atomic mass is 79.9. The zero-order valence-corrected chi connectivity index (χ0v) is 14.6. The molecular weight excluding hydrogens is 346 g/mol. The van der Waals surface area contributed by atoms with Crippen LogP contribution in [0, 0.1) is 5.41 Å². The number of halogens is 1. The Labute approximate surface area is 138 Å². The van der Waals surface area contributed by atoms with E-state index >= 15 is 0 Å². The van der Waals surface area contributed by atoms with Gasteiger partial charge in [-0.1, -0.05) is 51.1 Å². The molecule has 0 spiro atoms. The Bertz CT molecular complexity index is 647. The highest BCUT2D eigenvalue weighted by Gasteiger charge is 2.32. The van der Waals surface area contributed by atoms with Crippen LogP contribution < -0.4 is 5.56 Å². The molecule has 1 heterocycles. The van der Waals surface area contributed by atoms with E-state index in [1.165, 1.54) is 12.5 Å². The summed E-state index contributed by atoms with van der Waals surface area (Å²) in [4.78, 5) is 14.8. The Morgan fingerprint density at radius 1 is 1.23 bits per heavy atom. The zero-order chi connectivity index (χ0) is 16.2. The molecule has 0 N–H and O–H groups in total. The number of nitrogens with zero attached hydrogens (tertiary/aromatic N) is 3. The second-order valence-corrected chi connectivity index (χ2v) is 7.65. The Balaban J connectivity index is 2.28. The summed E-state index contributed by atoms with van der Waals surface area (Å²) in [5.41, 5.74) is 0.662. The van der Waals surface area contributed by atoms with Gasteiger partial charge in [0, 0.05) is 0 Å². The van der Waals surface area contributed by atoms with Crippen molar-refractivity contribution < 1.29 is 4.74 Å². The molecule has 1 aromatic carbocycles. The standard InChI is InChI=1S/C16H20BrN3O2/c1-15(2,3)11-22-16(17,13-7-5-4-6-8-13)10-20-12-18-14(21)9-19-20/h4-9,12H,10-11H2,1-3H3/t16-/m1/s1. The average Bonchev–Trinajstić information content (AvgIpc) is 2.48. The van der Waals surface area contributed by atoms with Gasteiger partial charge in [-0.15, -0.1) is 0 Å². The average molecular weight is 366 g/mol. The molecule has 2 rings (SSSR count). The van der Waals surface area contributed by atoms with E-state index in [1.54, 1.807) is 4.68 Å². The predicted octanol–water partition coefficient (Wildman–Crippen LogP) is 2.95. The first-order chi connectivity index (χ1) is 10.3. The van der Waals surface area contributed by atoms with Crippen LogP contribution in [0.15, 0.2) is 47.7 Å². The molecule has 1 aromatic heterocycles. The SMILES string of the molecule is CC(C)(C)CO[C@](Br)(Cn1cnc(=O)cn1)c1ccccc1. The second kappa shape index (κ2) is 6.71. The quantitative estimate of drug-likeness (QED) is 0.764. The van der Waals surface area contributed by atoms with E-state index in [9.17, 15) is 4.79 Å². The minimum atomic E-state index is -0.731. The van der Waals surface area contributed by atoms with Gasteiger partial charge in [-0.25, -0.2) is 0 Å². The van der Waals surface area contributed by atoms with E-state index in [0.717, 1.165) is 5.56 Å². The lowest BCUT2D eigenvalue weighted by molar-refractivity contribution is -0.0240. The van der Waals surface area contributed by atoms with E-state index in [-0.39, 0.29) is 11.0 Å². The van der Waals surface area contributed by atoms with Crippen LogP contribution >= 0.6 is 15.9 Å². The summed E-state index contributed by atoms with van der Waals surface area (Å²) in [5, 5.41) is 4.06.